The Morgan fingerprint density at radius 1 is 1.03 bits per heavy atom. The molecule has 3 aromatic rings. The number of carbonyl (C=O) groups excluding carboxylic acids is 2. The third-order valence-electron chi connectivity index (χ3n) is 4.68. The lowest BCUT2D eigenvalue weighted by molar-refractivity contribution is 0.0596. The summed E-state index contributed by atoms with van der Waals surface area (Å²) in [7, 11) is -0.482. The van der Waals surface area contributed by atoms with E-state index in [1.807, 2.05) is 6.07 Å². The predicted octanol–water partition coefficient (Wildman–Crippen LogP) is 3.96. The van der Waals surface area contributed by atoms with E-state index in [-0.39, 0.29) is 18.0 Å². The van der Waals surface area contributed by atoms with Gasteiger partial charge in [-0.25, -0.2) is 17.7 Å². The summed E-state index contributed by atoms with van der Waals surface area (Å²) in [5, 5.41) is 0. The highest BCUT2D eigenvalue weighted by Gasteiger charge is 2.34. The van der Waals surface area contributed by atoms with Crippen molar-refractivity contribution in [3.05, 3.63) is 89.2 Å². The highest BCUT2D eigenvalue weighted by atomic mass is 32.2. The molecule has 0 saturated carbocycles. The summed E-state index contributed by atoms with van der Waals surface area (Å²) in [5.74, 6) is -1.93. The molecule has 29 heavy (non-hydrogen) atoms. The molecular weight excluding hydrogens is 393 g/mol. The van der Waals surface area contributed by atoms with Crippen LogP contribution in [0.5, 0.6) is 0 Å². The van der Waals surface area contributed by atoms with Crippen LogP contribution in [-0.4, -0.2) is 27.5 Å². The van der Waals surface area contributed by atoms with Gasteiger partial charge in [-0.05, 0) is 41.0 Å². The monoisotopic (exact) mass is 409 g/mol. The molecule has 0 radical (unpaired) electrons. The van der Waals surface area contributed by atoms with Crippen molar-refractivity contribution in [1.29, 1.82) is 0 Å². The Morgan fingerprint density at radius 3 is 2.41 bits per heavy atom. The molecule has 0 aromatic heterocycles. The van der Waals surface area contributed by atoms with Crippen molar-refractivity contribution in [2.75, 3.05) is 7.11 Å². The standard InChI is InChI=1S/C22H16FNO4S/c1-28-22(26)20-17(15-7-3-2-4-8-15)11-14(12-18(20)23)13-24-21(25)16-9-5-6-10-19(16)29(24)27/h2-12H,13H2,1H3. The molecule has 5 nitrogen and oxygen atoms in total. The van der Waals surface area contributed by atoms with Gasteiger partial charge in [-0.1, -0.05) is 42.5 Å². The fourth-order valence-corrected chi connectivity index (χ4v) is 4.62. The van der Waals surface area contributed by atoms with Gasteiger partial charge in [0, 0.05) is 0 Å². The number of nitrogens with zero attached hydrogens (tertiary/aromatic N) is 1. The molecule has 3 aromatic carbocycles. The lowest BCUT2D eigenvalue weighted by Crippen LogP contribution is -2.25. The van der Waals surface area contributed by atoms with Crippen molar-refractivity contribution >= 4 is 22.9 Å². The highest BCUT2D eigenvalue weighted by molar-refractivity contribution is 7.83. The number of methoxy groups -OCH3 is 1. The molecule has 1 atom stereocenters. The fraction of sp³-hybridized carbons (Fsp3) is 0.0909. The number of rotatable bonds is 4. The van der Waals surface area contributed by atoms with Gasteiger partial charge in [-0.15, -0.1) is 0 Å². The molecule has 1 aliphatic rings. The number of fused-ring (bicyclic) bond motifs is 1. The first-order chi connectivity index (χ1) is 14.0. The number of hydrogen-bond donors (Lipinski definition) is 0. The number of ether oxygens (including phenoxy) is 1. The Labute approximate surface area is 169 Å². The molecule has 1 aliphatic heterocycles. The average Bonchev–Trinajstić information content (AvgIpc) is 2.98. The van der Waals surface area contributed by atoms with Gasteiger partial charge in [-0.2, -0.15) is 0 Å². The van der Waals surface area contributed by atoms with Crippen molar-refractivity contribution in [2.45, 2.75) is 11.4 Å². The third-order valence-corrected chi connectivity index (χ3v) is 6.11. The van der Waals surface area contributed by atoms with Crippen LogP contribution in [0.15, 0.2) is 71.6 Å². The lowest BCUT2D eigenvalue weighted by Gasteiger charge is -2.17. The number of hydrogen-bond acceptors (Lipinski definition) is 4. The van der Waals surface area contributed by atoms with Crippen LogP contribution < -0.4 is 0 Å². The largest absolute Gasteiger partial charge is 0.465 e. The first kappa shape index (κ1) is 19.0. The smallest absolute Gasteiger partial charge is 0.341 e. The summed E-state index contributed by atoms with van der Waals surface area (Å²) in [5.41, 5.74) is 1.59. The minimum absolute atomic E-state index is 0.0572. The van der Waals surface area contributed by atoms with Gasteiger partial charge in [0.05, 0.1) is 24.1 Å². The van der Waals surface area contributed by atoms with Crippen LogP contribution in [0.25, 0.3) is 11.1 Å². The molecule has 0 spiro atoms. The Hall–Kier alpha value is -3.32. The summed E-state index contributed by atoms with van der Waals surface area (Å²) in [6.45, 7) is -0.0572. The van der Waals surface area contributed by atoms with Crippen LogP contribution in [0.2, 0.25) is 0 Å². The summed E-state index contributed by atoms with van der Waals surface area (Å²) < 4.78 is 33.5. The van der Waals surface area contributed by atoms with Crippen LogP contribution in [0.1, 0.15) is 26.3 Å². The van der Waals surface area contributed by atoms with Crippen LogP contribution in [-0.2, 0) is 22.3 Å². The van der Waals surface area contributed by atoms with E-state index in [1.54, 1.807) is 54.6 Å². The maximum Gasteiger partial charge on any atom is 0.341 e. The molecule has 1 unspecified atom stereocenters. The maximum atomic E-state index is 14.9. The number of halogens is 1. The van der Waals surface area contributed by atoms with Gasteiger partial charge in [0.1, 0.15) is 11.4 Å². The quantitative estimate of drug-likeness (QED) is 0.612. The molecule has 0 saturated heterocycles. The summed E-state index contributed by atoms with van der Waals surface area (Å²) in [4.78, 5) is 25.2. The van der Waals surface area contributed by atoms with E-state index in [4.69, 9.17) is 4.74 Å². The van der Waals surface area contributed by atoms with Crippen LogP contribution in [0.3, 0.4) is 0 Å². The first-order valence-corrected chi connectivity index (χ1v) is 9.91. The molecule has 4 rings (SSSR count). The number of amides is 1. The minimum atomic E-state index is -1.67. The van der Waals surface area contributed by atoms with Crippen molar-refractivity contribution in [3.63, 3.8) is 0 Å². The van der Waals surface area contributed by atoms with Gasteiger partial charge in [0.2, 0.25) is 0 Å². The Balaban J connectivity index is 1.77. The van der Waals surface area contributed by atoms with Crippen LogP contribution in [0, 0.1) is 5.82 Å². The van der Waals surface area contributed by atoms with E-state index in [1.165, 1.54) is 17.5 Å². The van der Waals surface area contributed by atoms with E-state index in [0.29, 0.717) is 27.1 Å². The summed E-state index contributed by atoms with van der Waals surface area (Å²) >= 11 is 0. The van der Waals surface area contributed by atoms with Gasteiger partial charge in [-0.3, -0.25) is 4.79 Å². The summed E-state index contributed by atoms with van der Waals surface area (Å²) in [6, 6.07) is 18.3. The van der Waals surface area contributed by atoms with Crippen LogP contribution >= 0.6 is 0 Å². The van der Waals surface area contributed by atoms with Gasteiger partial charge in [0.25, 0.3) is 5.91 Å². The van der Waals surface area contributed by atoms with Crippen molar-refractivity contribution in [3.8, 4) is 11.1 Å². The Bertz CT molecular complexity index is 1110. The second kappa shape index (κ2) is 7.60. The SMILES string of the molecule is COC(=O)c1c(F)cc(CN2C(=O)c3ccccc3S2=O)cc1-c1ccccc1. The summed E-state index contributed by atoms with van der Waals surface area (Å²) in [6.07, 6.45) is 0. The third kappa shape index (κ3) is 3.34. The number of carbonyl (C=O) groups is 2. The number of esters is 1. The highest BCUT2D eigenvalue weighted by Crippen LogP contribution is 2.32. The maximum absolute atomic E-state index is 14.9. The van der Waals surface area contributed by atoms with Crippen molar-refractivity contribution < 1.29 is 22.9 Å². The van der Waals surface area contributed by atoms with Crippen LogP contribution in [0.4, 0.5) is 4.39 Å². The lowest BCUT2D eigenvalue weighted by atomic mass is 9.96. The molecule has 0 bridgehead atoms. The van der Waals surface area contributed by atoms with Gasteiger partial charge in [0.15, 0.2) is 11.0 Å². The first-order valence-electron chi connectivity index (χ1n) is 8.80. The number of benzene rings is 3. The zero-order valence-electron chi connectivity index (χ0n) is 15.4. The molecule has 1 amide bonds. The Kier molecular flexibility index (Phi) is 4.98. The zero-order valence-corrected chi connectivity index (χ0v) is 16.2. The van der Waals surface area contributed by atoms with E-state index in [2.05, 4.69) is 0 Å². The second-order valence-corrected chi connectivity index (χ2v) is 7.82. The molecule has 146 valence electrons. The van der Waals surface area contributed by atoms with E-state index < -0.39 is 22.8 Å². The van der Waals surface area contributed by atoms with Gasteiger partial charge < -0.3 is 4.74 Å². The van der Waals surface area contributed by atoms with E-state index in [9.17, 15) is 18.2 Å². The molecule has 7 heteroatoms. The molecule has 1 heterocycles. The predicted molar refractivity (Wildman–Crippen MR) is 106 cm³/mol. The second-order valence-electron chi connectivity index (χ2n) is 6.44. The molecular formula is C22H16FNO4S. The Morgan fingerprint density at radius 2 is 1.72 bits per heavy atom. The van der Waals surface area contributed by atoms with Crippen molar-refractivity contribution in [2.24, 2.45) is 0 Å². The fourth-order valence-electron chi connectivity index (χ4n) is 3.33. The topological polar surface area (TPSA) is 63.7 Å². The molecule has 0 fully saturated rings. The normalized spacial score (nSPS) is 15.3. The minimum Gasteiger partial charge on any atom is -0.465 e. The van der Waals surface area contributed by atoms with Gasteiger partial charge >= 0.3 is 5.97 Å². The van der Waals surface area contributed by atoms with Crippen molar-refractivity contribution in [1.82, 2.24) is 4.31 Å². The molecule has 0 N–H and O–H groups in total. The van der Waals surface area contributed by atoms with E-state index in [0.717, 1.165) is 0 Å². The average molecular weight is 409 g/mol. The van der Waals surface area contributed by atoms with E-state index >= 15 is 0 Å². The molecule has 0 aliphatic carbocycles. The zero-order chi connectivity index (χ0) is 20.5.